The average Bonchev–Trinajstić information content (AvgIpc) is 2.89. The summed E-state index contributed by atoms with van der Waals surface area (Å²) in [5.74, 6) is -0.736. The highest BCUT2D eigenvalue weighted by Crippen LogP contribution is 2.31. The number of nitrogens with one attached hydrogen (secondary N) is 1. The molecular weight excluding hydrogens is 444 g/mol. The number of carbonyl (C=O) groups excluding carboxylic acids is 1. The summed E-state index contributed by atoms with van der Waals surface area (Å²) in [7, 11) is 1.76. The summed E-state index contributed by atoms with van der Waals surface area (Å²) in [6.45, 7) is 0. The third-order valence-corrected chi connectivity index (χ3v) is 4.52. The first kappa shape index (κ1) is 16.9. The van der Waals surface area contributed by atoms with E-state index in [0.29, 0.717) is 15.0 Å². The van der Waals surface area contributed by atoms with E-state index in [9.17, 15) is 9.18 Å². The van der Waals surface area contributed by atoms with Crippen molar-refractivity contribution in [1.29, 1.82) is 0 Å². The van der Waals surface area contributed by atoms with Crippen LogP contribution >= 0.6 is 34.2 Å². The number of amides is 1. The van der Waals surface area contributed by atoms with E-state index in [4.69, 9.17) is 11.6 Å². The number of carbonyl (C=O) groups is 1. The maximum absolute atomic E-state index is 13.4. The molecule has 1 amide bonds. The molecule has 0 aliphatic rings. The lowest BCUT2D eigenvalue weighted by atomic mass is 10.0. The van der Waals surface area contributed by atoms with Crippen LogP contribution in [0.15, 0.2) is 48.7 Å². The first-order valence-electron chi connectivity index (χ1n) is 7.00. The van der Waals surface area contributed by atoms with Crippen molar-refractivity contribution in [3.8, 4) is 11.1 Å². The summed E-state index contributed by atoms with van der Waals surface area (Å²) in [5, 5.41) is 7.08. The van der Waals surface area contributed by atoms with Crippen LogP contribution in [0, 0.1) is 9.52 Å². The Balaban J connectivity index is 1.96. The van der Waals surface area contributed by atoms with E-state index in [2.05, 4.69) is 10.4 Å². The number of rotatable bonds is 3. The Kier molecular flexibility index (Phi) is 4.86. The molecule has 2 aromatic carbocycles. The van der Waals surface area contributed by atoms with Crippen LogP contribution in [0.2, 0.25) is 5.02 Å². The lowest BCUT2D eigenvalue weighted by Gasteiger charge is -2.11. The number of anilines is 1. The van der Waals surface area contributed by atoms with Gasteiger partial charge in [-0.1, -0.05) is 35.9 Å². The van der Waals surface area contributed by atoms with Gasteiger partial charge in [-0.2, -0.15) is 5.10 Å². The maximum atomic E-state index is 13.4. The minimum Gasteiger partial charge on any atom is -0.321 e. The van der Waals surface area contributed by atoms with Crippen molar-refractivity contribution in [2.75, 3.05) is 5.32 Å². The summed E-state index contributed by atoms with van der Waals surface area (Å²) < 4.78 is 15.6. The number of aromatic nitrogens is 2. The number of nitrogens with zero attached hydrogens (tertiary/aromatic N) is 2. The van der Waals surface area contributed by atoms with Gasteiger partial charge in [0.1, 0.15) is 9.52 Å². The molecule has 0 unspecified atom stereocenters. The molecule has 0 atom stereocenters. The molecule has 0 saturated heterocycles. The van der Waals surface area contributed by atoms with Gasteiger partial charge in [0.05, 0.1) is 10.6 Å². The van der Waals surface area contributed by atoms with Crippen molar-refractivity contribution < 1.29 is 9.18 Å². The Morgan fingerprint density at radius 2 is 2.04 bits per heavy atom. The van der Waals surface area contributed by atoms with Crippen LogP contribution in [0.1, 0.15) is 10.4 Å². The number of halogens is 3. The van der Waals surface area contributed by atoms with Gasteiger partial charge in [-0.3, -0.25) is 9.48 Å². The van der Waals surface area contributed by atoms with E-state index in [0.717, 1.165) is 11.1 Å². The van der Waals surface area contributed by atoms with Crippen LogP contribution in [0.25, 0.3) is 11.1 Å². The average molecular weight is 456 g/mol. The van der Waals surface area contributed by atoms with E-state index in [1.165, 1.54) is 12.1 Å². The minimum atomic E-state index is -0.480. The molecule has 4 nitrogen and oxygen atoms in total. The molecule has 1 N–H and O–H groups in total. The Morgan fingerprint density at radius 3 is 2.71 bits per heavy atom. The fourth-order valence-corrected chi connectivity index (χ4v) is 3.22. The molecule has 7 heteroatoms. The summed E-state index contributed by atoms with van der Waals surface area (Å²) in [6, 6.07) is 11.8. The fraction of sp³-hybridized carbons (Fsp3) is 0.0588. The zero-order chi connectivity index (χ0) is 17.3. The van der Waals surface area contributed by atoms with Crippen molar-refractivity contribution in [1.82, 2.24) is 9.78 Å². The van der Waals surface area contributed by atoms with Crippen LogP contribution in [0.5, 0.6) is 0 Å². The Bertz CT molecular complexity index is 926. The highest BCUT2D eigenvalue weighted by atomic mass is 127. The predicted octanol–water partition coefficient (Wildman–Crippen LogP) is 4.74. The molecule has 1 heterocycles. The van der Waals surface area contributed by atoms with Gasteiger partial charge < -0.3 is 5.32 Å². The molecule has 0 bridgehead atoms. The highest BCUT2D eigenvalue weighted by Gasteiger charge is 2.16. The number of aryl methyl sites for hydroxylation is 1. The van der Waals surface area contributed by atoms with Crippen molar-refractivity contribution in [3.05, 3.63) is 68.8 Å². The minimum absolute atomic E-state index is 0.0374. The third-order valence-electron chi connectivity index (χ3n) is 3.43. The zero-order valence-corrected chi connectivity index (χ0v) is 15.5. The summed E-state index contributed by atoms with van der Waals surface area (Å²) in [6.07, 6.45) is 1.66. The van der Waals surface area contributed by atoms with Crippen LogP contribution in [0.3, 0.4) is 0 Å². The molecule has 3 rings (SSSR count). The predicted molar refractivity (Wildman–Crippen MR) is 101 cm³/mol. The lowest BCUT2D eigenvalue weighted by molar-refractivity contribution is 0.102. The topological polar surface area (TPSA) is 46.9 Å². The van der Waals surface area contributed by atoms with Crippen molar-refractivity contribution in [2.45, 2.75) is 0 Å². The third kappa shape index (κ3) is 3.44. The second-order valence-corrected chi connectivity index (χ2v) is 6.56. The van der Waals surface area contributed by atoms with Gasteiger partial charge in [-0.15, -0.1) is 0 Å². The van der Waals surface area contributed by atoms with Gasteiger partial charge in [0.15, 0.2) is 0 Å². The van der Waals surface area contributed by atoms with E-state index < -0.39 is 5.82 Å². The van der Waals surface area contributed by atoms with Crippen molar-refractivity contribution in [3.63, 3.8) is 0 Å². The van der Waals surface area contributed by atoms with Crippen LogP contribution in [0.4, 0.5) is 10.1 Å². The molecular formula is C17H12ClFIN3O. The molecule has 0 aliphatic carbocycles. The van der Waals surface area contributed by atoms with Gasteiger partial charge in [-0.25, -0.2) is 4.39 Å². The Hall–Kier alpha value is -1.93. The Morgan fingerprint density at radius 1 is 1.29 bits per heavy atom. The van der Waals surface area contributed by atoms with Gasteiger partial charge in [-0.05, 0) is 46.4 Å². The summed E-state index contributed by atoms with van der Waals surface area (Å²) in [4.78, 5) is 12.5. The second-order valence-electron chi connectivity index (χ2n) is 5.14. The van der Waals surface area contributed by atoms with E-state index in [1.807, 2.05) is 40.8 Å². The molecule has 0 fully saturated rings. The van der Waals surface area contributed by atoms with Gasteiger partial charge in [0.25, 0.3) is 5.91 Å². The number of para-hydroxylation sites is 1. The quantitative estimate of drug-likeness (QED) is 0.580. The largest absolute Gasteiger partial charge is 0.321 e. The summed E-state index contributed by atoms with van der Waals surface area (Å²) in [5.41, 5.74) is 2.58. The maximum Gasteiger partial charge on any atom is 0.259 e. The normalized spacial score (nSPS) is 10.7. The molecule has 1 aromatic heterocycles. The fourth-order valence-electron chi connectivity index (χ4n) is 2.31. The number of hydrogen-bond donors (Lipinski definition) is 1. The molecule has 24 heavy (non-hydrogen) atoms. The number of benzene rings is 2. The van der Waals surface area contributed by atoms with E-state index in [1.54, 1.807) is 30.1 Å². The number of hydrogen-bond acceptors (Lipinski definition) is 2. The second kappa shape index (κ2) is 6.90. The molecule has 0 radical (unpaired) electrons. The van der Waals surface area contributed by atoms with E-state index >= 15 is 0 Å². The molecule has 0 saturated carbocycles. The van der Waals surface area contributed by atoms with Crippen LogP contribution < -0.4 is 5.32 Å². The zero-order valence-electron chi connectivity index (χ0n) is 12.6. The van der Waals surface area contributed by atoms with Gasteiger partial charge in [0.2, 0.25) is 0 Å². The monoisotopic (exact) mass is 455 g/mol. The lowest BCUT2D eigenvalue weighted by Crippen LogP contribution is -2.13. The Labute approximate surface area is 156 Å². The van der Waals surface area contributed by atoms with Gasteiger partial charge >= 0.3 is 0 Å². The van der Waals surface area contributed by atoms with E-state index in [-0.39, 0.29) is 10.9 Å². The summed E-state index contributed by atoms with van der Waals surface area (Å²) >= 11 is 7.88. The van der Waals surface area contributed by atoms with Crippen LogP contribution in [-0.4, -0.2) is 15.7 Å². The molecule has 0 aliphatic heterocycles. The van der Waals surface area contributed by atoms with Crippen LogP contribution in [-0.2, 0) is 7.05 Å². The first-order valence-corrected chi connectivity index (χ1v) is 8.46. The first-order chi connectivity index (χ1) is 11.5. The SMILES string of the molecule is Cn1cc(C(=O)Nc2ccccc2-c2ccc(F)c(Cl)c2)c(I)n1. The van der Waals surface area contributed by atoms with Gasteiger partial charge in [0, 0.05) is 24.5 Å². The molecule has 122 valence electrons. The molecule has 0 spiro atoms. The standard InChI is InChI=1S/C17H12ClFIN3O/c1-23-9-12(16(20)22-23)17(24)21-15-5-3-2-4-11(15)10-6-7-14(19)13(18)8-10/h2-9H,1H3,(H,21,24). The van der Waals surface area contributed by atoms with Crippen molar-refractivity contribution in [2.24, 2.45) is 7.05 Å². The molecule has 3 aromatic rings. The smallest absolute Gasteiger partial charge is 0.259 e. The van der Waals surface area contributed by atoms with Crippen molar-refractivity contribution >= 4 is 45.8 Å². The highest BCUT2D eigenvalue weighted by molar-refractivity contribution is 14.1.